The number of carbonyl (C=O) groups excluding carboxylic acids is 2. The molecule has 3 N–H and O–H groups in total. The molecule has 0 saturated carbocycles. The number of ether oxygens (including phenoxy) is 1. The van der Waals surface area contributed by atoms with Crippen molar-refractivity contribution in [3.05, 3.63) is 36.5 Å². The highest BCUT2D eigenvalue weighted by atomic mass is 16.5. The van der Waals surface area contributed by atoms with E-state index in [0.29, 0.717) is 19.4 Å². The Labute approximate surface area is 436 Å². The van der Waals surface area contributed by atoms with Gasteiger partial charge in [-0.1, -0.05) is 294 Å². The van der Waals surface area contributed by atoms with Gasteiger partial charge in [0.05, 0.1) is 25.4 Å². The highest BCUT2D eigenvalue weighted by molar-refractivity contribution is 5.76. The van der Waals surface area contributed by atoms with Crippen LogP contribution in [0.15, 0.2) is 36.5 Å². The van der Waals surface area contributed by atoms with Crippen LogP contribution >= 0.6 is 0 Å². The number of allylic oxidation sites excluding steroid dienone is 5. The van der Waals surface area contributed by atoms with Gasteiger partial charge in [0, 0.05) is 12.8 Å². The maximum absolute atomic E-state index is 12.5. The Balaban J connectivity index is 3.40. The number of esters is 1. The summed E-state index contributed by atoms with van der Waals surface area (Å²) < 4.78 is 5.49. The fraction of sp³-hybridized carbons (Fsp3) is 0.875. The number of carbonyl (C=O) groups is 2. The van der Waals surface area contributed by atoms with Crippen molar-refractivity contribution in [3.8, 4) is 0 Å². The smallest absolute Gasteiger partial charge is 0.305 e. The summed E-state index contributed by atoms with van der Waals surface area (Å²) >= 11 is 0. The van der Waals surface area contributed by atoms with Crippen LogP contribution in [0.3, 0.4) is 0 Å². The van der Waals surface area contributed by atoms with Gasteiger partial charge in [0.1, 0.15) is 0 Å². The molecular formula is C64H121NO5. The van der Waals surface area contributed by atoms with E-state index in [2.05, 4.69) is 43.5 Å². The van der Waals surface area contributed by atoms with Gasteiger partial charge in [-0.3, -0.25) is 9.59 Å². The first-order valence-corrected chi connectivity index (χ1v) is 31.3. The molecule has 2 unspecified atom stereocenters. The second-order valence-corrected chi connectivity index (χ2v) is 21.4. The van der Waals surface area contributed by atoms with E-state index >= 15 is 0 Å². The third-order valence-electron chi connectivity index (χ3n) is 14.4. The monoisotopic (exact) mass is 984 g/mol. The van der Waals surface area contributed by atoms with E-state index in [4.69, 9.17) is 4.74 Å². The lowest BCUT2D eigenvalue weighted by Gasteiger charge is -2.20. The average Bonchev–Trinajstić information content (AvgIpc) is 3.36. The minimum Gasteiger partial charge on any atom is -0.466 e. The van der Waals surface area contributed by atoms with Gasteiger partial charge in [0.2, 0.25) is 5.91 Å². The highest BCUT2D eigenvalue weighted by Crippen LogP contribution is 2.17. The summed E-state index contributed by atoms with van der Waals surface area (Å²) in [6.45, 7) is 4.89. The van der Waals surface area contributed by atoms with Crippen molar-refractivity contribution < 1.29 is 24.5 Å². The molecule has 70 heavy (non-hydrogen) atoms. The van der Waals surface area contributed by atoms with Gasteiger partial charge >= 0.3 is 5.97 Å². The predicted octanol–water partition coefficient (Wildman–Crippen LogP) is 19.6. The van der Waals surface area contributed by atoms with Crippen LogP contribution in [0.1, 0.15) is 335 Å². The third-order valence-corrected chi connectivity index (χ3v) is 14.4. The number of rotatable bonds is 58. The van der Waals surface area contributed by atoms with E-state index in [1.807, 2.05) is 6.08 Å². The molecule has 0 aromatic rings. The fourth-order valence-electron chi connectivity index (χ4n) is 9.61. The molecule has 0 aliphatic rings. The summed E-state index contributed by atoms with van der Waals surface area (Å²) in [6, 6.07) is -0.628. The largest absolute Gasteiger partial charge is 0.466 e. The van der Waals surface area contributed by atoms with Gasteiger partial charge in [0.15, 0.2) is 0 Å². The molecule has 0 rings (SSSR count). The van der Waals surface area contributed by atoms with Crippen molar-refractivity contribution >= 4 is 11.9 Å². The Hall–Kier alpha value is -1.92. The number of unbranched alkanes of at least 4 members (excludes halogenated alkanes) is 43. The van der Waals surface area contributed by atoms with E-state index in [-0.39, 0.29) is 18.5 Å². The molecule has 1 amide bonds. The summed E-state index contributed by atoms with van der Waals surface area (Å²) in [5.41, 5.74) is 0. The number of aliphatic hydroxyl groups is 2. The Bertz CT molecular complexity index is 1130. The average molecular weight is 985 g/mol. The van der Waals surface area contributed by atoms with E-state index in [1.54, 1.807) is 6.08 Å². The zero-order chi connectivity index (χ0) is 50.7. The van der Waals surface area contributed by atoms with E-state index in [0.717, 1.165) is 51.4 Å². The predicted molar refractivity (Wildman–Crippen MR) is 306 cm³/mol. The summed E-state index contributed by atoms with van der Waals surface area (Å²) in [7, 11) is 0. The van der Waals surface area contributed by atoms with Crippen LogP contribution in [-0.4, -0.2) is 47.4 Å². The molecule has 0 aromatic heterocycles. The number of amides is 1. The molecule has 0 aromatic carbocycles. The molecule has 0 aliphatic carbocycles. The zero-order valence-electron chi connectivity index (χ0n) is 47.0. The van der Waals surface area contributed by atoms with Crippen LogP contribution in [0.5, 0.6) is 0 Å². The minimum atomic E-state index is -0.845. The highest BCUT2D eigenvalue weighted by Gasteiger charge is 2.18. The summed E-state index contributed by atoms with van der Waals surface area (Å²) in [5.74, 6) is -0.0641. The lowest BCUT2D eigenvalue weighted by molar-refractivity contribution is -0.143. The van der Waals surface area contributed by atoms with E-state index in [1.165, 1.54) is 257 Å². The SMILES string of the molecule is CCCCCC/C=C\C/C=C\CCCCCCCCCC(=O)OCCCCCCCCCCCCCCCCCCCCCCCC(=O)NC(CO)C(O)/C=C/CCCCCCCCCCCCCC. The summed E-state index contributed by atoms with van der Waals surface area (Å²) in [4.78, 5) is 24.5. The number of aliphatic hydroxyl groups excluding tert-OH is 2. The van der Waals surface area contributed by atoms with Crippen molar-refractivity contribution in [2.75, 3.05) is 13.2 Å². The first-order chi connectivity index (χ1) is 34.5. The van der Waals surface area contributed by atoms with Crippen molar-refractivity contribution in [2.24, 2.45) is 0 Å². The molecular weight excluding hydrogens is 863 g/mol. The topological polar surface area (TPSA) is 95.9 Å². The fourth-order valence-corrected chi connectivity index (χ4v) is 9.61. The first kappa shape index (κ1) is 68.1. The van der Waals surface area contributed by atoms with E-state index < -0.39 is 12.1 Å². The molecule has 412 valence electrons. The Kier molecular flexibility index (Phi) is 58.0. The summed E-state index contributed by atoms with van der Waals surface area (Å²) in [5, 5.41) is 23.1. The Morgan fingerprint density at radius 1 is 0.400 bits per heavy atom. The van der Waals surface area contributed by atoms with Crippen molar-refractivity contribution in [3.63, 3.8) is 0 Å². The molecule has 6 nitrogen and oxygen atoms in total. The molecule has 0 saturated heterocycles. The number of hydrogen-bond acceptors (Lipinski definition) is 5. The first-order valence-electron chi connectivity index (χ1n) is 31.3. The van der Waals surface area contributed by atoms with Gasteiger partial charge in [0.25, 0.3) is 0 Å². The van der Waals surface area contributed by atoms with Gasteiger partial charge in [-0.25, -0.2) is 0 Å². The van der Waals surface area contributed by atoms with Crippen LogP contribution in [0, 0.1) is 0 Å². The molecule has 2 atom stereocenters. The van der Waals surface area contributed by atoms with Gasteiger partial charge in [-0.2, -0.15) is 0 Å². The molecule has 0 bridgehead atoms. The van der Waals surface area contributed by atoms with Crippen molar-refractivity contribution in [1.29, 1.82) is 0 Å². The quantitative estimate of drug-likeness (QED) is 0.0321. The van der Waals surface area contributed by atoms with Crippen molar-refractivity contribution in [1.82, 2.24) is 5.32 Å². The number of hydrogen-bond donors (Lipinski definition) is 3. The Morgan fingerprint density at radius 2 is 0.714 bits per heavy atom. The standard InChI is InChI=1S/C64H121NO5/c1-3-5-7-9-11-13-15-17-19-20-27-30-34-38-42-46-50-54-58-64(69)70-59-55-51-47-43-39-35-31-28-25-23-21-22-24-26-29-33-37-41-45-49-53-57-63(68)65-61(60-66)62(67)56-52-48-44-40-36-32-18-16-14-12-10-8-6-4-2/h13,15,19-20,52,56,61-62,66-67H,3-12,14,16-18,21-51,53-55,57-60H2,1-2H3,(H,65,68)/b15-13-,20-19-,56-52+. The zero-order valence-corrected chi connectivity index (χ0v) is 47.0. The molecule has 0 radical (unpaired) electrons. The van der Waals surface area contributed by atoms with Crippen LogP contribution in [0.2, 0.25) is 0 Å². The molecule has 0 aliphatic heterocycles. The maximum atomic E-state index is 12.5. The van der Waals surface area contributed by atoms with Gasteiger partial charge in [-0.15, -0.1) is 0 Å². The third kappa shape index (κ3) is 55.4. The lowest BCUT2D eigenvalue weighted by atomic mass is 10.0. The normalized spacial score (nSPS) is 12.8. The van der Waals surface area contributed by atoms with Crippen LogP contribution in [-0.2, 0) is 14.3 Å². The number of nitrogens with one attached hydrogen (secondary N) is 1. The van der Waals surface area contributed by atoms with Crippen molar-refractivity contribution in [2.45, 2.75) is 347 Å². The van der Waals surface area contributed by atoms with E-state index in [9.17, 15) is 19.8 Å². The van der Waals surface area contributed by atoms with Crippen LogP contribution < -0.4 is 5.32 Å². The van der Waals surface area contributed by atoms with Gasteiger partial charge < -0.3 is 20.3 Å². The van der Waals surface area contributed by atoms with Crippen LogP contribution in [0.25, 0.3) is 0 Å². The lowest BCUT2D eigenvalue weighted by Crippen LogP contribution is -2.45. The molecule has 0 fully saturated rings. The minimum absolute atomic E-state index is 0.00411. The second kappa shape index (κ2) is 59.6. The van der Waals surface area contributed by atoms with Gasteiger partial charge in [-0.05, 0) is 64.2 Å². The Morgan fingerprint density at radius 3 is 1.10 bits per heavy atom. The molecule has 0 spiro atoms. The summed E-state index contributed by atoms with van der Waals surface area (Å²) in [6.07, 6.45) is 74.7. The molecule has 6 heteroatoms. The molecule has 0 heterocycles. The van der Waals surface area contributed by atoms with Crippen LogP contribution in [0.4, 0.5) is 0 Å². The maximum Gasteiger partial charge on any atom is 0.305 e. The second-order valence-electron chi connectivity index (χ2n) is 21.4.